The molecule has 1 saturated heterocycles. The summed E-state index contributed by atoms with van der Waals surface area (Å²) in [5.41, 5.74) is 6.20. The summed E-state index contributed by atoms with van der Waals surface area (Å²) in [7, 11) is 1.49. The number of amides is 3. The van der Waals surface area contributed by atoms with E-state index in [2.05, 4.69) is 22.9 Å². The maximum absolute atomic E-state index is 12.3. The summed E-state index contributed by atoms with van der Waals surface area (Å²) < 4.78 is 5.21. The van der Waals surface area contributed by atoms with Gasteiger partial charge in [-0.3, -0.25) is 4.79 Å². The standard InChI is InChI=1S/C17H26N4O3/c1-11(12-4-3-7-19-10-12)8-16(22)20-13-5-6-14(21-17(18)23)15(9-13)24-2/h5-6,9,11-12,19H,3-4,7-8,10H2,1-2H3,(H,20,22)(H3,18,21,23). The van der Waals surface area contributed by atoms with Crippen LogP contribution in [-0.2, 0) is 4.79 Å². The monoisotopic (exact) mass is 334 g/mol. The predicted octanol–water partition coefficient (Wildman–Crippen LogP) is 2.15. The minimum absolute atomic E-state index is 0.0225. The number of carbonyl (C=O) groups excluding carboxylic acids is 2. The lowest BCUT2D eigenvalue weighted by molar-refractivity contribution is -0.117. The lowest BCUT2D eigenvalue weighted by Crippen LogP contribution is -2.34. The number of primary amides is 1. The number of carbonyl (C=O) groups is 2. The fourth-order valence-electron chi connectivity index (χ4n) is 3.04. The zero-order chi connectivity index (χ0) is 17.5. The van der Waals surface area contributed by atoms with Gasteiger partial charge in [-0.15, -0.1) is 0 Å². The van der Waals surface area contributed by atoms with Crippen LogP contribution >= 0.6 is 0 Å². The highest BCUT2D eigenvalue weighted by Gasteiger charge is 2.22. The van der Waals surface area contributed by atoms with Crippen molar-refractivity contribution in [2.75, 3.05) is 30.8 Å². The van der Waals surface area contributed by atoms with Crippen LogP contribution in [0, 0.1) is 11.8 Å². The molecule has 2 unspecified atom stereocenters. The van der Waals surface area contributed by atoms with E-state index in [0.717, 1.165) is 13.1 Å². The molecule has 1 fully saturated rings. The van der Waals surface area contributed by atoms with Crippen LogP contribution in [0.3, 0.4) is 0 Å². The molecule has 1 aliphatic rings. The fourth-order valence-corrected chi connectivity index (χ4v) is 3.04. The number of rotatable bonds is 6. The van der Waals surface area contributed by atoms with Gasteiger partial charge in [-0.2, -0.15) is 0 Å². The minimum atomic E-state index is -0.667. The van der Waals surface area contributed by atoms with Crippen molar-refractivity contribution in [1.29, 1.82) is 0 Å². The summed E-state index contributed by atoms with van der Waals surface area (Å²) in [6.07, 6.45) is 2.82. The molecule has 0 spiro atoms. The molecule has 3 amide bonds. The Morgan fingerprint density at radius 3 is 2.83 bits per heavy atom. The van der Waals surface area contributed by atoms with Crippen LogP contribution in [0.1, 0.15) is 26.2 Å². The third kappa shape index (κ3) is 5.13. The summed E-state index contributed by atoms with van der Waals surface area (Å²) >= 11 is 0. The number of piperidine rings is 1. The van der Waals surface area contributed by atoms with E-state index in [-0.39, 0.29) is 5.91 Å². The molecule has 1 aliphatic heterocycles. The Morgan fingerprint density at radius 1 is 1.42 bits per heavy atom. The molecule has 0 radical (unpaired) electrons. The molecular formula is C17H26N4O3. The van der Waals surface area contributed by atoms with E-state index >= 15 is 0 Å². The largest absolute Gasteiger partial charge is 0.494 e. The first kappa shape index (κ1) is 18.1. The Bertz CT molecular complexity index is 585. The maximum atomic E-state index is 12.3. The highest BCUT2D eigenvalue weighted by molar-refractivity contribution is 5.93. The zero-order valence-electron chi connectivity index (χ0n) is 14.2. The molecule has 7 nitrogen and oxygen atoms in total. The Kier molecular flexibility index (Phi) is 6.43. The molecule has 2 rings (SSSR count). The van der Waals surface area contributed by atoms with Gasteiger partial charge in [0.1, 0.15) is 5.75 Å². The van der Waals surface area contributed by atoms with E-state index in [1.54, 1.807) is 18.2 Å². The van der Waals surface area contributed by atoms with Gasteiger partial charge in [0.25, 0.3) is 0 Å². The van der Waals surface area contributed by atoms with Crippen LogP contribution in [0.15, 0.2) is 18.2 Å². The maximum Gasteiger partial charge on any atom is 0.316 e. The lowest BCUT2D eigenvalue weighted by Gasteiger charge is -2.28. The first-order valence-corrected chi connectivity index (χ1v) is 8.24. The topological polar surface area (TPSA) is 105 Å². The van der Waals surface area contributed by atoms with Crippen molar-refractivity contribution in [3.63, 3.8) is 0 Å². The molecular weight excluding hydrogens is 308 g/mol. The van der Waals surface area contributed by atoms with Gasteiger partial charge in [0.2, 0.25) is 5.91 Å². The van der Waals surface area contributed by atoms with Crippen molar-refractivity contribution in [2.45, 2.75) is 26.2 Å². The Morgan fingerprint density at radius 2 is 2.21 bits per heavy atom. The molecule has 7 heteroatoms. The van der Waals surface area contributed by atoms with Gasteiger partial charge in [0, 0.05) is 18.2 Å². The molecule has 0 bridgehead atoms. The van der Waals surface area contributed by atoms with Crippen LogP contribution < -0.4 is 26.4 Å². The highest BCUT2D eigenvalue weighted by atomic mass is 16.5. The lowest BCUT2D eigenvalue weighted by atomic mass is 9.85. The molecule has 0 aromatic heterocycles. The number of urea groups is 1. The van der Waals surface area contributed by atoms with Gasteiger partial charge in [0.05, 0.1) is 12.8 Å². The van der Waals surface area contributed by atoms with Crippen molar-refractivity contribution in [2.24, 2.45) is 17.6 Å². The zero-order valence-corrected chi connectivity index (χ0v) is 14.2. The number of hydrogen-bond donors (Lipinski definition) is 4. The first-order chi connectivity index (χ1) is 11.5. The number of nitrogens with one attached hydrogen (secondary N) is 3. The van der Waals surface area contributed by atoms with E-state index in [4.69, 9.17) is 10.5 Å². The van der Waals surface area contributed by atoms with Gasteiger partial charge in [0.15, 0.2) is 0 Å². The molecule has 2 atom stereocenters. The van der Waals surface area contributed by atoms with E-state index in [1.807, 2.05) is 0 Å². The molecule has 132 valence electrons. The van der Waals surface area contributed by atoms with Gasteiger partial charge in [-0.25, -0.2) is 4.79 Å². The number of hydrogen-bond acceptors (Lipinski definition) is 4. The van der Waals surface area contributed by atoms with Crippen LogP contribution in [-0.4, -0.2) is 32.1 Å². The van der Waals surface area contributed by atoms with Crippen molar-refractivity contribution in [1.82, 2.24) is 5.32 Å². The summed E-state index contributed by atoms with van der Waals surface area (Å²) in [6, 6.07) is 4.35. The fraction of sp³-hybridized carbons (Fsp3) is 0.529. The smallest absolute Gasteiger partial charge is 0.316 e. The number of methoxy groups -OCH3 is 1. The van der Waals surface area contributed by atoms with Gasteiger partial charge in [-0.1, -0.05) is 6.92 Å². The Balaban J connectivity index is 1.94. The quantitative estimate of drug-likeness (QED) is 0.639. The summed E-state index contributed by atoms with van der Waals surface area (Å²) in [6.45, 7) is 4.17. The van der Waals surface area contributed by atoms with Crippen LogP contribution in [0.25, 0.3) is 0 Å². The number of benzene rings is 1. The summed E-state index contributed by atoms with van der Waals surface area (Å²) in [5.74, 6) is 1.29. The van der Waals surface area contributed by atoms with Gasteiger partial charge >= 0.3 is 6.03 Å². The highest BCUT2D eigenvalue weighted by Crippen LogP contribution is 2.28. The molecule has 5 N–H and O–H groups in total. The van der Waals surface area contributed by atoms with Gasteiger partial charge < -0.3 is 26.4 Å². The summed E-state index contributed by atoms with van der Waals surface area (Å²) in [5, 5.41) is 8.74. The minimum Gasteiger partial charge on any atom is -0.494 e. The van der Waals surface area contributed by atoms with E-state index in [1.165, 1.54) is 20.0 Å². The molecule has 0 saturated carbocycles. The predicted molar refractivity (Wildman–Crippen MR) is 94.2 cm³/mol. The third-order valence-corrected chi connectivity index (χ3v) is 4.39. The number of anilines is 2. The van der Waals surface area contributed by atoms with Crippen molar-refractivity contribution < 1.29 is 14.3 Å². The first-order valence-electron chi connectivity index (χ1n) is 8.24. The van der Waals surface area contributed by atoms with Gasteiger partial charge in [-0.05, 0) is 49.9 Å². The van der Waals surface area contributed by atoms with Crippen molar-refractivity contribution in [3.05, 3.63) is 18.2 Å². The second-order valence-electron chi connectivity index (χ2n) is 6.24. The van der Waals surface area contributed by atoms with Crippen LogP contribution in [0.2, 0.25) is 0 Å². The number of ether oxygens (including phenoxy) is 1. The van der Waals surface area contributed by atoms with E-state index in [0.29, 0.717) is 35.4 Å². The van der Waals surface area contributed by atoms with Crippen molar-refractivity contribution in [3.8, 4) is 5.75 Å². The normalized spacial score (nSPS) is 18.5. The molecule has 0 aliphatic carbocycles. The molecule has 1 heterocycles. The average Bonchev–Trinajstić information content (AvgIpc) is 2.56. The van der Waals surface area contributed by atoms with Crippen LogP contribution in [0.5, 0.6) is 5.75 Å². The SMILES string of the molecule is COc1cc(NC(=O)CC(C)C2CCCNC2)ccc1NC(N)=O. The molecule has 1 aromatic carbocycles. The third-order valence-electron chi connectivity index (χ3n) is 4.39. The molecule has 24 heavy (non-hydrogen) atoms. The van der Waals surface area contributed by atoms with E-state index in [9.17, 15) is 9.59 Å². The average molecular weight is 334 g/mol. The molecule has 1 aromatic rings. The second kappa shape index (κ2) is 8.54. The van der Waals surface area contributed by atoms with Crippen LogP contribution in [0.4, 0.5) is 16.2 Å². The number of nitrogens with two attached hydrogens (primary N) is 1. The Hall–Kier alpha value is -2.28. The van der Waals surface area contributed by atoms with E-state index < -0.39 is 6.03 Å². The second-order valence-corrected chi connectivity index (χ2v) is 6.24. The van der Waals surface area contributed by atoms with Crippen molar-refractivity contribution >= 4 is 23.3 Å². The Labute approximate surface area is 142 Å². The summed E-state index contributed by atoms with van der Waals surface area (Å²) in [4.78, 5) is 23.2.